The van der Waals surface area contributed by atoms with Gasteiger partial charge in [0.1, 0.15) is 6.29 Å². The van der Waals surface area contributed by atoms with Crippen LogP contribution in [-0.4, -0.2) is 10.9 Å². The molecule has 0 radical (unpaired) electrons. The molecule has 0 unspecified atom stereocenters. The fourth-order valence-electron chi connectivity index (χ4n) is 3.40. The fraction of sp³-hybridized carbons (Fsp3) is 0.0870. The number of carbonyl (C=O) groups is 1. The molecule has 0 aliphatic rings. The summed E-state index contributed by atoms with van der Waals surface area (Å²) in [6, 6.07) is 22.8. The maximum absolute atomic E-state index is 11.1. The molecular weight excluding hydrogens is 306 g/mol. The molecule has 0 fully saturated rings. The zero-order valence-electron chi connectivity index (χ0n) is 14.1. The lowest BCUT2D eigenvalue weighted by atomic mass is 10.1. The predicted octanol–water partition coefficient (Wildman–Crippen LogP) is 5.80. The number of hydrogen-bond acceptors (Lipinski definition) is 1. The Morgan fingerprint density at radius 3 is 2.00 bits per heavy atom. The third-order valence-corrected chi connectivity index (χ3v) is 4.64. The van der Waals surface area contributed by atoms with Gasteiger partial charge >= 0.3 is 0 Å². The number of aldehydes is 1. The second-order valence-electron chi connectivity index (χ2n) is 6.16. The molecule has 122 valence electrons. The van der Waals surface area contributed by atoms with Gasteiger partial charge < -0.3 is 4.57 Å². The van der Waals surface area contributed by atoms with E-state index in [-0.39, 0.29) is 0 Å². The first-order chi connectivity index (χ1) is 12.3. The van der Waals surface area contributed by atoms with E-state index >= 15 is 0 Å². The van der Waals surface area contributed by atoms with Crippen LogP contribution >= 0.6 is 0 Å². The highest BCUT2D eigenvalue weighted by Crippen LogP contribution is 2.30. The molecule has 3 aromatic carbocycles. The van der Waals surface area contributed by atoms with Gasteiger partial charge in [-0.05, 0) is 30.2 Å². The van der Waals surface area contributed by atoms with Gasteiger partial charge in [0, 0.05) is 33.9 Å². The summed E-state index contributed by atoms with van der Waals surface area (Å²) in [7, 11) is 0. The molecule has 4 aromatic rings. The second-order valence-corrected chi connectivity index (χ2v) is 6.16. The Morgan fingerprint density at radius 1 is 0.760 bits per heavy atom. The summed E-state index contributed by atoms with van der Waals surface area (Å²) >= 11 is 0. The molecule has 2 heteroatoms. The molecule has 0 aliphatic carbocycles. The van der Waals surface area contributed by atoms with E-state index in [4.69, 9.17) is 0 Å². The number of hydrogen-bond donors (Lipinski definition) is 0. The van der Waals surface area contributed by atoms with Crippen molar-refractivity contribution in [3.8, 4) is 0 Å². The van der Waals surface area contributed by atoms with Gasteiger partial charge in [0.15, 0.2) is 0 Å². The molecule has 0 N–H and O–H groups in total. The van der Waals surface area contributed by atoms with Crippen molar-refractivity contribution >= 4 is 40.2 Å². The minimum atomic E-state index is 0.717. The second kappa shape index (κ2) is 6.40. The third-order valence-electron chi connectivity index (χ3n) is 4.64. The summed E-state index contributed by atoms with van der Waals surface area (Å²) in [6.45, 7) is 3.01. The highest BCUT2D eigenvalue weighted by molar-refractivity contribution is 6.09. The normalized spacial score (nSPS) is 11.6. The first-order valence-corrected chi connectivity index (χ1v) is 8.54. The molecule has 2 nitrogen and oxygen atoms in total. The Labute approximate surface area is 147 Å². The van der Waals surface area contributed by atoms with Gasteiger partial charge in [-0.1, -0.05) is 66.7 Å². The quantitative estimate of drug-likeness (QED) is 0.343. The molecule has 25 heavy (non-hydrogen) atoms. The number of fused-ring (bicyclic) bond motifs is 3. The Balaban J connectivity index is 1.86. The molecule has 1 aromatic heterocycles. The fourth-order valence-corrected chi connectivity index (χ4v) is 3.40. The van der Waals surface area contributed by atoms with Gasteiger partial charge in [-0.2, -0.15) is 0 Å². The van der Waals surface area contributed by atoms with Crippen LogP contribution in [0.1, 0.15) is 28.4 Å². The van der Waals surface area contributed by atoms with Crippen molar-refractivity contribution in [3.63, 3.8) is 0 Å². The standard InChI is InChI=1S/C23H19NO/c1-2-24-22-14-18(9-8-17-6-4-3-5-7-17)10-12-20(22)21-13-11-19(16-25)15-23(21)24/h3-16H,2H2,1H3/b9-8+. The summed E-state index contributed by atoms with van der Waals surface area (Å²) in [5.74, 6) is 0. The SMILES string of the molecule is CCn1c2cc(C=O)ccc2c2ccc(/C=C/c3ccccc3)cc21. The van der Waals surface area contributed by atoms with Gasteiger partial charge in [0.25, 0.3) is 0 Å². The zero-order chi connectivity index (χ0) is 17.2. The van der Waals surface area contributed by atoms with Crippen LogP contribution in [0.4, 0.5) is 0 Å². The van der Waals surface area contributed by atoms with Crippen molar-refractivity contribution in [3.05, 3.63) is 83.4 Å². The minimum Gasteiger partial charge on any atom is -0.341 e. The first-order valence-electron chi connectivity index (χ1n) is 8.54. The van der Waals surface area contributed by atoms with Gasteiger partial charge in [0.05, 0.1) is 0 Å². The van der Waals surface area contributed by atoms with Crippen molar-refractivity contribution in [1.82, 2.24) is 4.57 Å². The van der Waals surface area contributed by atoms with Crippen molar-refractivity contribution < 1.29 is 4.79 Å². The smallest absolute Gasteiger partial charge is 0.150 e. The lowest BCUT2D eigenvalue weighted by Crippen LogP contribution is -1.93. The number of nitrogens with zero attached hydrogens (tertiary/aromatic N) is 1. The average molecular weight is 325 g/mol. The van der Waals surface area contributed by atoms with E-state index in [1.807, 2.05) is 36.4 Å². The van der Waals surface area contributed by atoms with Crippen molar-refractivity contribution in [1.29, 1.82) is 0 Å². The molecule has 0 atom stereocenters. The van der Waals surface area contributed by atoms with Gasteiger partial charge in [-0.15, -0.1) is 0 Å². The summed E-state index contributed by atoms with van der Waals surface area (Å²) in [5, 5.41) is 2.42. The van der Waals surface area contributed by atoms with E-state index in [0.717, 1.165) is 18.3 Å². The van der Waals surface area contributed by atoms with Gasteiger partial charge in [0.2, 0.25) is 0 Å². The molecule has 0 bridgehead atoms. The van der Waals surface area contributed by atoms with E-state index in [2.05, 4.69) is 54.0 Å². The highest BCUT2D eigenvalue weighted by Gasteiger charge is 2.10. The van der Waals surface area contributed by atoms with E-state index in [1.54, 1.807) is 0 Å². The van der Waals surface area contributed by atoms with Gasteiger partial charge in [-0.3, -0.25) is 4.79 Å². The van der Waals surface area contributed by atoms with Crippen molar-refractivity contribution in [2.45, 2.75) is 13.5 Å². The average Bonchev–Trinajstić information content (AvgIpc) is 2.99. The van der Waals surface area contributed by atoms with Crippen LogP contribution in [0.3, 0.4) is 0 Å². The summed E-state index contributed by atoms with van der Waals surface area (Å²) in [6.07, 6.45) is 5.18. The lowest BCUT2D eigenvalue weighted by Gasteiger charge is -2.04. The Bertz CT molecular complexity index is 1090. The van der Waals surface area contributed by atoms with Gasteiger partial charge in [-0.25, -0.2) is 0 Å². The molecule has 0 amide bonds. The topological polar surface area (TPSA) is 22.0 Å². The van der Waals surface area contributed by atoms with Crippen LogP contribution in [0, 0.1) is 0 Å². The number of carbonyl (C=O) groups excluding carboxylic acids is 1. The molecular formula is C23H19NO. The molecule has 0 spiro atoms. The molecule has 0 saturated heterocycles. The molecule has 4 rings (SSSR count). The first kappa shape index (κ1) is 15.4. The van der Waals surface area contributed by atoms with Crippen molar-refractivity contribution in [2.24, 2.45) is 0 Å². The summed E-state index contributed by atoms with van der Waals surface area (Å²) in [5.41, 5.74) is 5.40. The third kappa shape index (κ3) is 2.76. The van der Waals surface area contributed by atoms with E-state index in [9.17, 15) is 4.79 Å². The predicted molar refractivity (Wildman–Crippen MR) is 106 cm³/mol. The highest BCUT2D eigenvalue weighted by atomic mass is 16.1. The van der Waals surface area contributed by atoms with E-state index in [0.29, 0.717) is 5.56 Å². The van der Waals surface area contributed by atoms with E-state index in [1.165, 1.54) is 27.4 Å². The largest absolute Gasteiger partial charge is 0.341 e. The lowest BCUT2D eigenvalue weighted by molar-refractivity contribution is 0.112. The monoisotopic (exact) mass is 325 g/mol. The Hall–Kier alpha value is -3.13. The molecule has 0 aliphatic heterocycles. The number of aryl methyl sites for hydroxylation is 1. The van der Waals surface area contributed by atoms with Crippen LogP contribution in [-0.2, 0) is 6.54 Å². The van der Waals surface area contributed by atoms with E-state index < -0.39 is 0 Å². The maximum atomic E-state index is 11.1. The van der Waals surface area contributed by atoms with Crippen LogP contribution in [0.15, 0.2) is 66.7 Å². The molecule has 1 heterocycles. The minimum absolute atomic E-state index is 0.717. The summed E-state index contributed by atoms with van der Waals surface area (Å²) in [4.78, 5) is 11.1. The number of benzene rings is 3. The summed E-state index contributed by atoms with van der Waals surface area (Å²) < 4.78 is 2.28. The maximum Gasteiger partial charge on any atom is 0.150 e. The zero-order valence-corrected chi connectivity index (χ0v) is 14.1. The van der Waals surface area contributed by atoms with Crippen LogP contribution in [0.2, 0.25) is 0 Å². The van der Waals surface area contributed by atoms with Crippen LogP contribution in [0.5, 0.6) is 0 Å². The molecule has 0 saturated carbocycles. The number of rotatable bonds is 4. The Morgan fingerprint density at radius 2 is 1.36 bits per heavy atom. The van der Waals surface area contributed by atoms with Crippen LogP contribution < -0.4 is 0 Å². The van der Waals surface area contributed by atoms with Crippen LogP contribution in [0.25, 0.3) is 34.0 Å². The Kier molecular flexibility index (Phi) is 3.95. The number of aromatic nitrogens is 1. The van der Waals surface area contributed by atoms with Crippen molar-refractivity contribution in [2.75, 3.05) is 0 Å².